The summed E-state index contributed by atoms with van der Waals surface area (Å²) >= 11 is 0. The van der Waals surface area contributed by atoms with Crippen molar-refractivity contribution in [1.82, 2.24) is 0 Å². The Hall–Kier alpha value is -3.68. The summed E-state index contributed by atoms with van der Waals surface area (Å²) in [6, 6.07) is 14.0. The van der Waals surface area contributed by atoms with Gasteiger partial charge in [0, 0.05) is 11.4 Å². The van der Waals surface area contributed by atoms with E-state index in [1.165, 1.54) is 0 Å². The van der Waals surface area contributed by atoms with Crippen LogP contribution in [0.5, 0.6) is 0 Å². The van der Waals surface area contributed by atoms with Crippen molar-refractivity contribution in [2.75, 3.05) is 24.9 Å². The SMILES string of the molecule is COC(=O)C(=O)Nc1ccc(Cc2ccc(NC(=O)C(=O)OC)cc2)cc1. The molecule has 0 saturated carbocycles. The highest BCUT2D eigenvalue weighted by atomic mass is 16.5. The van der Waals surface area contributed by atoms with Gasteiger partial charge in [-0.1, -0.05) is 24.3 Å². The molecular weight excluding hydrogens is 352 g/mol. The van der Waals surface area contributed by atoms with E-state index >= 15 is 0 Å². The van der Waals surface area contributed by atoms with E-state index in [4.69, 9.17) is 0 Å². The molecule has 8 heteroatoms. The highest BCUT2D eigenvalue weighted by molar-refractivity contribution is 6.37. The zero-order valence-corrected chi connectivity index (χ0v) is 14.8. The number of esters is 2. The van der Waals surface area contributed by atoms with Gasteiger partial charge in [0.2, 0.25) is 0 Å². The number of ether oxygens (including phenoxy) is 2. The number of benzene rings is 2. The van der Waals surface area contributed by atoms with Crippen LogP contribution in [-0.2, 0) is 35.1 Å². The van der Waals surface area contributed by atoms with Gasteiger partial charge >= 0.3 is 23.8 Å². The number of hydrogen-bond acceptors (Lipinski definition) is 6. The van der Waals surface area contributed by atoms with Crippen LogP contribution >= 0.6 is 0 Å². The Bertz CT molecular complexity index is 772. The second-order valence-electron chi connectivity index (χ2n) is 5.46. The Morgan fingerprint density at radius 2 is 1.00 bits per heavy atom. The first-order chi connectivity index (χ1) is 12.9. The third kappa shape index (κ3) is 5.67. The van der Waals surface area contributed by atoms with Crippen molar-refractivity contribution < 1.29 is 28.7 Å². The van der Waals surface area contributed by atoms with E-state index in [-0.39, 0.29) is 0 Å². The van der Waals surface area contributed by atoms with Gasteiger partial charge in [-0.05, 0) is 41.8 Å². The van der Waals surface area contributed by atoms with E-state index in [1.807, 2.05) is 24.3 Å². The van der Waals surface area contributed by atoms with Crippen LogP contribution in [0, 0.1) is 0 Å². The van der Waals surface area contributed by atoms with Crippen LogP contribution in [-0.4, -0.2) is 38.0 Å². The molecule has 0 heterocycles. The predicted molar refractivity (Wildman–Crippen MR) is 97.0 cm³/mol. The van der Waals surface area contributed by atoms with Gasteiger partial charge in [0.25, 0.3) is 0 Å². The molecule has 0 unspecified atom stereocenters. The summed E-state index contributed by atoms with van der Waals surface area (Å²) in [5.41, 5.74) is 2.93. The number of carbonyl (C=O) groups is 4. The lowest BCUT2D eigenvalue weighted by Gasteiger charge is -2.07. The van der Waals surface area contributed by atoms with Crippen LogP contribution in [0.25, 0.3) is 0 Å². The monoisotopic (exact) mass is 370 g/mol. The molecule has 0 atom stereocenters. The second kappa shape index (κ2) is 9.14. The van der Waals surface area contributed by atoms with E-state index in [9.17, 15) is 19.2 Å². The van der Waals surface area contributed by atoms with Crippen LogP contribution in [0.1, 0.15) is 11.1 Å². The molecule has 0 radical (unpaired) electrons. The molecule has 0 fully saturated rings. The Balaban J connectivity index is 1.95. The maximum absolute atomic E-state index is 11.4. The number of methoxy groups -OCH3 is 2. The molecule has 2 N–H and O–H groups in total. The van der Waals surface area contributed by atoms with Gasteiger partial charge in [-0.25, -0.2) is 9.59 Å². The molecule has 8 nitrogen and oxygen atoms in total. The van der Waals surface area contributed by atoms with Crippen LogP contribution < -0.4 is 10.6 Å². The smallest absolute Gasteiger partial charge is 0.396 e. The number of nitrogens with one attached hydrogen (secondary N) is 2. The predicted octanol–water partition coefficient (Wildman–Crippen LogP) is 1.50. The van der Waals surface area contributed by atoms with Crippen molar-refractivity contribution in [1.29, 1.82) is 0 Å². The van der Waals surface area contributed by atoms with Crippen molar-refractivity contribution in [2.24, 2.45) is 0 Å². The first-order valence-corrected chi connectivity index (χ1v) is 7.89. The van der Waals surface area contributed by atoms with E-state index in [0.717, 1.165) is 25.3 Å². The maximum Gasteiger partial charge on any atom is 0.396 e. The molecule has 27 heavy (non-hydrogen) atoms. The zero-order valence-electron chi connectivity index (χ0n) is 14.8. The first-order valence-electron chi connectivity index (χ1n) is 7.89. The minimum Gasteiger partial charge on any atom is -0.462 e. The van der Waals surface area contributed by atoms with E-state index in [2.05, 4.69) is 20.1 Å². The molecule has 2 rings (SSSR count). The third-order valence-electron chi connectivity index (χ3n) is 3.57. The number of rotatable bonds is 4. The highest BCUT2D eigenvalue weighted by Crippen LogP contribution is 2.16. The minimum atomic E-state index is -0.960. The van der Waals surface area contributed by atoms with E-state index in [1.54, 1.807) is 24.3 Å². The lowest BCUT2D eigenvalue weighted by atomic mass is 10.0. The summed E-state index contributed by atoms with van der Waals surface area (Å²) in [5, 5.41) is 4.86. The van der Waals surface area contributed by atoms with Gasteiger partial charge in [0.15, 0.2) is 0 Å². The molecule has 140 valence electrons. The maximum atomic E-state index is 11.4. The summed E-state index contributed by atoms with van der Waals surface area (Å²) < 4.78 is 8.67. The van der Waals surface area contributed by atoms with Crippen LogP contribution in [0.15, 0.2) is 48.5 Å². The fraction of sp³-hybridized carbons (Fsp3) is 0.158. The Morgan fingerprint density at radius 1 is 0.667 bits per heavy atom. The van der Waals surface area contributed by atoms with Gasteiger partial charge < -0.3 is 20.1 Å². The molecule has 0 saturated heterocycles. The fourth-order valence-electron chi connectivity index (χ4n) is 2.20. The lowest BCUT2D eigenvalue weighted by molar-refractivity contribution is -0.150. The van der Waals surface area contributed by atoms with Gasteiger partial charge in [-0.15, -0.1) is 0 Å². The average Bonchev–Trinajstić information content (AvgIpc) is 2.69. The molecule has 2 aromatic rings. The Kier molecular flexibility index (Phi) is 6.65. The summed E-state index contributed by atoms with van der Waals surface area (Å²) in [4.78, 5) is 45.1. The topological polar surface area (TPSA) is 111 Å². The Morgan fingerprint density at radius 3 is 1.30 bits per heavy atom. The molecular formula is C19H18N2O6. The molecule has 0 aromatic heterocycles. The van der Waals surface area contributed by atoms with Crippen molar-refractivity contribution >= 4 is 35.1 Å². The van der Waals surface area contributed by atoms with Gasteiger partial charge in [0.1, 0.15) is 0 Å². The molecule has 0 aliphatic heterocycles. The van der Waals surface area contributed by atoms with Crippen molar-refractivity contribution in [3.63, 3.8) is 0 Å². The normalized spacial score (nSPS) is 9.85. The van der Waals surface area contributed by atoms with Gasteiger partial charge in [-0.2, -0.15) is 0 Å². The summed E-state index contributed by atoms with van der Waals surface area (Å²) in [6.45, 7) is 0. The van der Waals surface area contributed by atoms with Crippen LogP contribution in [0.2, 0.25) is 0 Å². The second-order valence-corrected chi connectivity index (χ2v) is 5.46. The quantitative estimate of drug-likeness (QED) is 0.623. The van der Waals surface area contributed by atoms with Crippen molar-refractivity contribution in [3.8, 4) is 0 Å². The van der Waals surface area contributed by atoms with Gasteiger partial charge in [0.05, 0.1) is 14.2 Å². The zero-order chi connectivity index (χ0) is 19.8. The summed E-state index contributed by atoms with van der Waals surface area (Å²) in [6.07, 6.45) is 0.621. The minimum absolute atomic E-state index is 0.482. The highest BCUT2D eigenvalue weighted by Gasteiger charge is 2.14. The molecule has 0 bridgehead atoms. The van der Waals surface area contributed by atoms with Crippen molar-refractivity contribution in [3.05, 3.63) is 59.7 Å². The van der Waals surface area contributed by atoms with E-state index in [0.29, 0.717) is 17.8 Å². The molecule has 2 amide bonds. The average molecular weight is 370 g/mol. The molecule has 0 aliphatic rings. The summed E-state index contributed by atoms with van der Waals surface area (Å²) in [5.74, 6) is -3.60. The molecule has 0 spiro atoms. The molecule has 2 aromatic carbocycles. The van der Waals surface area contributed by atoms with E-state index < -0.39 is 23.8 Å². The van der Waals surface area contributed by atoms with Gasteiger partial charge in [-0.3, -0.25) is 9.59 Å². The first kappa shape index (κ1) is 19.6. The number of hydrogen-bond donors (Lipinski definition) is 2. The molecule has 0 aliphatic carbocycles. The fourth-order valence-corrected chi connectivity index (χ4v) is 2.20. The standard InChI is InChI=1S/C19H18N2O6/c1-26-18(24)16(22)20-14-7-3-12(4-8-14)11-13-5-9-15(10-6-13)21-17(23)19(25)27-2/h3-10H,11H2,1-2H3,(H,20,22)(H,21,23). The third-order valence-corrected chi connectivity index (χ3v) is 3.57. The number of amides is 2. The lowest BCUT2D eigenvalue weighted by Crippen LogP contribution is -2.23. The number of carbonyl (C=O) groups excluding carboxylic acids is 4. The van der Waals surface area contributed by atoms with Crippen LogP contribution in [0.4, 0.5) is 11.4 Å². The summed E-state index contributed by atoms with van der Waals surface area (Å²) in [7, 11) is 2.27. The number of anilines is 2. The Labute approximate surface area is 155 Å². The van der Waals surface area contributed by atoms with Crippen molar-refractivity contribution in [2.45, 2.75) is 6.42 Å². The largest absolute Gasteiger partial charge is 0.462 e. The van der Waals surface area contributed by atoms with Crippen LogP contribution in [0.3, 0.4) is 0 Å².